The van der Waals surface area contributed by atoms with E-state index in [9.17, 15) is 9.59 Å². The molecule has 0 bridgehead atoms. The zero-order chi connectivity index (χ0) is 17.5. The van der Waals surface area contributed by atoms with Crippen LogP contribution in [0.2, 0.25) is 10.0 Å². The lowest BCUT2D eigenvalue weighted by Gasteiger charge is -2.24. The van der Waals surface area contributed by atoms with Gasteiger partial charge in [0.2, 0.25) is 5.91 Å². The molecule has 0 heterocycles. The van der Waals surface area contributed by atoms with Gasteiger partial charge in [-0.3, -0.25) is 4.79 Å². The number of amides is 3. The molecule has 0 aromatic heterocycles. The van der Waals surface area contributed by atoms with Gasteiger partial charge in [0.25, 0.3) is 0 Å². The molecule has 5 nitrogen and oxygen atoms in total. The molecule has 2 rings (SSSR count). The van der Waals surface area contributed by atoms with E-state index in [1.807, 2.05) is 0 Å². The molecule has 1 aliphatic rings. The topological polar surface area (TPSA) is 61.4 Å². The average Bonchev–Trinajstić information content (AvgIpc) is 2.55. The summed E-state index contributed by atoms with van der Waals surface area (Å²) in [5, 5.41) is 6.63. The monoisotopic (exact) mass is 371 g/mol. The molecule has 24 heavy (non-hydrogen) atoms. The summed E-state index contributed by atoms with van der Waals surface area (Å²) in [6, 6.07) is 5.11. The van der Waals surface area contributed by atoms with Crippen molar-refractivity contribution in [2.24, 2.45) is 0 Å². The number of nitrogens with one attached hydrogen (secondary N) is 2. The van der Waals surface area contributed by atoms with E-state index in [-0.39, 0.29) is 18.0 Å². The van der Waals surface area contributed by atoms with Gasteiger partial charge in [0.05, 0.1) is 10.0 Å². The largest absolute Gasteiger partial charge is 0.336 e. The van der Waals surface area contributed by atoms with Crippen molar-refractivity contribution >= 4 is 40.8 Å². The van der Waals surface area contributed by atoms with Gasteiger partial charge in [-0.05, 0) is 31.0 Å². The normalized spacial score (nSPS) is 15.0. The van der Waals surface area contributed by atoms with Crippen LogP contribution in [-0.4, -0.2) is 31.1 Å². The molecule has 1 aliphatic carbocycles. The summed E-state index contributed by atoms with van der Waals surface area (Å²) in [6.45, 7) is 2.20. The van der Waals surface area contributed by atoms with Gasteiger partial charge in [0, 0.05) is 31.7 Å². The molecule has 1 aromatic rings. The third-order valence-corrected chi connectivity index (χ3v) is 4.90. The molecule has 0 aliphatic heterocycles. The van der Waals surface area contributed by atoms with E-state index in [1.165, 1.54) is 26.2 Å². The third-order valence-electron chi connectivity index (χ3n) is 4.16. The van der Waals surface area contributed by atoms with Crippen molar-refractivity contribution < 1.29 is 9.59 Å². The predicted molar refractivity (Wildman–Crippen MR) is 97.9 cm³/mol. The second-order valence-corrected chi connectivity index (χ2v) is 6.82. The van der Waals surface area contributed by atoms with E-state index >= 15 is 0 Å². The second kappa shape index (κ2) is 9.14. The lowest BCUT2D eigenvalue weighted by Crippen LogP contribution is -2.45. The Morgan fingerprint density at radius 3 is 2.50 bits per heavy atom. The maximum Gasteiger partial charge on any atom is 0.315 e. The van der Waals surface area contributed by atoms with Crippen LogP contribution in [0.3, 0.4) is 0 Å². The molecule has 132 valence electrons. The molecule has 0 spiro atoms. The lowest BCUT2D eigenvalue weighted by molar-refractivity contribution is -0.116. The van der Waals surface area contributed by atoms with Gasteiger partial charge in [0.1, 0.15) is 0 Å². The number of hydrogen-bond donors (Lipinski definition) is 2. The minimum absolute atomic E-state index is 0.122. The highest BCUT2D eigenvalue weighted by atomic mass is 35.5. The summed E-state index contributed by atoms with van der Waals surface area (Å²) in [6.07, 6.45) is 5.66. The maximum absolute atomic E-state index is 11.9. The molecule has 0 radical (unpaired) electrons. The van der Waals surface area contributed by atoms with Crippen molar-refractivity contribution in [3.63, 3.8) is 0 Å². The SMILES string of the molecule is CC(=O)N(CCNC(=O)NC1CCCCC1)c1ccc(Cl)c(Cl)c1. The first-order valence-electron chi connectivity index (χ1n) is 8.25. The molecular weight excluding hydrogens is 349 g/mol. The molecule has 0 saturated heterocycles. The quantitative estimate of drug-likeness (QED) is 0.821. The number of carbonyl (C=O) groups excluding carboxylic acids is 2. The Balaban J connectivity index is 1.84. The summed E-state index contributed by atoms with van der Waals surface area (Å²) in [5.74, 6) is -0.122. The average molecular weight is 372 g/mol. The summed E-state index contributed by atoms with van der Waals surface area (Å²) < 4.78 is 0. The number of nitrogens with zero attached hydrogens (tertiary/aromatic N) is 1. The molecule has 3 amide bonds. The molecule has 0 unspecified atom stereocenters. The van der Waals surface area contributed by atoms with Gasteiger partial charge < -0.3 is 15.5 Å². The van der Waals surface area contributed by atoms with Crippen LogP contribution in [0.15, 0.2) is 18.2 Å². The van der Waals surface area contributed by atoms with Crippen molar-refractivity contribution in [1.82, 2.24) is 10.6 Å². The Morgan fingerprint density at radius 2 is 1.88 bits per heavy atom. The van der Waals surface area contributed by atoms with Crippen molar-refractivity contribution in [3.05, 3.63) is 28.2 Å². The first-order valence-corrected chi connectivity index (χ1v) is 9.00. The van der Waals surface area contributed by atoms with Gasteiger partial charge in [0.15, 0.2) is 0 Å². The predicted octanol–water partition coefficient (Wildman–Crippen LogP) is 3.98. The number of carbonyl (C=O) groups is 2. The fraction of sp³-hybridized carbons (Fsp3) is 0.529. The van der Waals surface area contributed by atoms with Crippen LogP contribution in [0.4, 0.5) is 10.5 Å². The van der Waals surface area contributed by atoms with Crippen LogP contribution in [0.25, 0.3) is 0 Å². The summed E-state index contributed by atoms with van der Waals surface area (Å²) in [7, 11) is 0. The van der Waals surface area contributed by atoms with E-state index in [2.05, 4.69) is 10.6 Å². The van der Waals surface area contributed by atoms with Crippen LogP contribution in [-0.2, 0) is 4.79 Å². The van der Waals surface area contributed by atoms with E-state index in [0.717, 1.165) is 12.8 Å². The van der Waals surface area contributed by atoms with Crippen molar-refractivity contribution in [1.29, 1.82) is 0 Å². The molecule has 7 heteroatoms. The molecule has 1 saturated carbocycles. The fourth-order valence-electron chi connectivity index (χ4n) is 2.89. The van der Waals surface area contributed by atoms with Gasteiger partial charge in [-0.15, -0.1) is 0 Å². The standard InChI is InChI=1S/C17H23Cl2N3O2/c1-12(23)22(14-7-8-15(18)16(19)11-14)10-9-20-17(24)21-13-5-3-2-4-6-13/h7-8,11,13H,2-6,9-10H2,1H3,(H2,20,21,24). The first kappa shape index (κ1) is 18.9. The summed E-state index contributed by atoms with van der Waals surface area (Å²) in [5.41, 5.74) is 0.659. The summed E-state index contributed by atoms with van der Waals surface area (Å²) in [4.78, 5) is 25.3. The van der Waals surface area contributed by atoms with Gasteiger partial charge in [-0.25, -0.2) is 4.79 Å². The van der Waals surface area contributed by atoms with E-state index in [4.69, 9.17) is 23.2 Å². The van der Waals surface area contributed by atoms with Crippen LogP contribution in [0, 0.1) is 0 Å². The molecule has 1 fully saturated rings. The van der Waals surface area contributed by atoms with Crippen molar-refractivity contribution in [3.8, 4) is 0 Å². The molecular formula is C17H23Cl2N3O2. The Kier molecular flexibility index (Phi) is 7.18. The number of urea groups is 1. The van der Waals surface area contributed by atoms with Crippen LogP contribution >= 0.6 is 23.2 Å². The van der Waals surface area contributed by atoms with E-state index < -0.39 is 0 Å². The third kappa shape index (κ3) is 5.56. The highest BCUT2D eigenvalue weighted by molar-refractivity contribution is 6.42. The number of rotatable bonds is 5. The Labute approximate surface area is 152 Å². The van der Waals surface area contributed by atoms with E-state index in [0.29, 0.717) is 28.8 Å². The van der Waals surface area contributed by atoms with Gasteiger partial charge in [-0.1, -0.05) is 42.5 Å². The Bertz CT molecular complexity index is 589. The van der Waals surface area contributed by atoms with Crippen LogP contribution in [0.1, 0.15) is 39.0 Å². The smallest absolute Gasteiger partial charge is 0.315 e. The fourth-order valence-corrected chi connectivity index (χ4v) is 3.18. The molecule has 1 aromatic carbocycles. The summed E-state index contributed by atoms with van der Waals surface area (Å²) >= 11 is 11.9. The Morgan fingerprint density at radius 1 is 1.17 bits per heavy atom. The number of benzene rings is 1. The molecule has 0 atom stereocenters. The van der Waals surface area contributed by atoms with Gasteiger partial charge in [-0.2, -0.15) is 0 Å². The zero-order valence-electron chi connectivity index (χ0n) is 13.8. The minimum atomic E-state index is -0.181. The minimum Gasteiger partial charge on any atom is -0.336 e. The van der Waals surface area contributed by atoms with Crippen LogP contribution < -0.4 is 15.5 Å². The number of halogens is 2. The van der Waals surface area contributed by atoms with Crippen molar-refractivity contribution in [2.75, 3.05) is 18.0 Å². The number of hydrogen-bond acceptors (Lipinski definition) is 2. The van der Waals surface area contributed by atoms with E-state index in [1.54, 1.807) is 23.1 Å². The van der Waals surface area contributed by atoms with Gasteiger partial charge >= 0.3 is 6.03 Å². The maximum atomic E-state index is 11.9. The van der Waals surface area contributed by atoms with Crippen LogP contribution in [0.5, 0.6) is 0 Å². The zero-order valence-corrected chi connectivity index (χ0v) is 15.3. The molecule has 2 N–H and O–H groups in total. The Hall–Kier alpha value is -1.46. The number of anilines is 1. The second-order valence-electron chi connectivity index (χ2n) is 6.00. The van der Waals surface area contributed by atoms with Crippen molar-refractivity contribution in [2.45, 2.75) is 45.1 Å². The highest BCUT2D eigenvalue weighted by Crippen LogP contribution is 2.27. The highest BCUT2D eigenvalue weighted by Gasteiger charge is 2.16. The first-order chi connectivity index (χ1) is 11.5. The lowest BCUT2D eigenvalue weighted by atomic mass is 9.96.